The van der Waals surface area contributed by atoms with E-state index in [2.05, 4.69) is 57.1 Å². The zero-order chi connectivity index (χ0) is 36.5. The Bertz CT molecular complexity index is 1660. The molecule has 2 fully saturated rings. The molecule has 280 valence electrons. The van der Waals surface area contributed by atoms with E-state index in [4.69, 9.17) is 11.6 Å². The Labute approximate surface area is 320 Å². The number of pyridine rings is 1. The highest BCUT2D eigenvalue weighted by molar-refractivity contribution is 9.11. The number of piperidine rings is 2. The van der Waals surface area contributed by atoms with Gasteiger partial charge in [-0.2, -0.15) is 9.03 Å². The van der Waals surface area contributed by atoms with Gasteiger partial charge in [-0.05, 0) is 108 Å². The number of hydrogen-bond donors (Lipinski definition) is 4. The number of unbranched alkanes of at least 4 members (excludes halogenated alkanes) is 1. The second-order valence-corrected chi connectivity index (χ2v) is 19.9. The van der Waals surface area contributed by atoms with Crippen LogP contribution in [0.15, 0.2) is 36.4 Å². The van der Waals surface area contributed by atoms with Gasteiger partial charge in [0.1, 0.15) is 25.3 Å². The number of rotatable bonds is 17. The first-order chi connectivity index (χ1) is 23.7. The van der Waals surface area contributed by atoms with Crippen molar-refractivity contribution < 1.29 is 31.5 Å². The Morgan fingerprint density at radius 1 is 0.980 bits per heavy atom. The average molecular weight is 905 g/mol. The first-order valence-electron chi connectivity index (χ1n) is 16.8. The number of aromatic nitrogens is 1. The smallest absolute Gasteiger partial charge is 0.321 e. The highest BCUT2D eigenvalue weighted by atomic mass is 79.9. The number of nitrogens with one attached hydrogen (secondary N) is 3. The van der Waals surface area contributed by atoms with Crippen LogP contribution in [0.1, 0.15) is 71.1 Å². The summed E-state index contributed by atoms with van der Waals surface area (Å²) in [6, 6.07) is 1.41. The number of carbonyl (C=O) groups is 2. The Hall–Kier alpha value is -1.54. The summed E-state index contributed by atoms with van der Waals surface area (Å²) in [5.41, 5.74) is 0. The van der Waals surface area contributed by atoms with Crippen molar-refractivity contribution in [2.24, 2.45) is 11.8 Å². The number of hydrogen-bond acceptors (Lipinski definition) is 9. The van der Waals surface area contributed by atoms with E-state index >= 15 is 0 Å². The van der Waals surface area contributed by atoms with Gasteiger partial charge >= 0.3 is 12.0 Å². The molecule has 0 aliphatic carbocycles. The normalized spacial score (nSPS) is 17.5. The monoisotopic (exact) mass is 902 g/mol. The number of aliphatic carboxylic acids is 1. The molecule has 0 aromatic carbocycles. The summed E-state index contributed by atoms with van der Waals surface area (Å²) in [4.78, 5) is 29.7. The zero-order valence-corrected chi connectivity index (χ0v) is 34.3. The molecule has 4 heterocycles. The van der Waals surface area contributed by atoms with Crippen LogP contribution in [0.25, 0.3) is 0 Å². The highest BCUT2D eigenvalue weighted by Crippen LogP contribution is 2.37. The SMILES string of the molecule is CCNC(=O)NCCCCC(NS(=O)(=O)c1cnc(N2CCC(CCCC3CCN(S(=O)(=O)c4cc(Br)c(Cl)s4)CC3)CC2)c(Br)c1)C(=O)O. The van der Waals surface area contributed by atoms with Crippen molar-refractivity contribution in [2.45, 2.75) is 86.3 Å². The second kappa shape index (κ2) is 19.0. The van der Waals surface area contributed by atoms with Crippen LogP contribution in [-0.2, 0) is 24.8 Å². The molecule has 2 aromatic heterocycles. The minimum Gasteiger partial charge on any atom is -0.480 e. The van der Waals surface area contributed by atoms with Crippen LogP contribution in [0.3, 0.4) is 0 Å². The number of amides is 2. The number of halogens is 3. The average Bonchev–Trinajstić information content (AvgIpc) is 3.43. The fourth-order valence-corrected chi connectivity index (χ4v) is 12.2. The molecule has 1 unspecified atom stereocenters. The number of nitrogens with zero attached hydrogens (tertiary/aromatic N) is 3. The van der Waals surface area contributed by atoms with Gasteiger partial charge in [0.15, 0.2) is 0 Å². The van der Waals surface area contributed by atoms with E-state index in [-0.39, 0.29) is 21.6 Å². The number of carboxylic acids is 1. The van der Waals surface area contributed by atoms with Crippen molar-refractivity contribution >= 4 is 92.7 Å². The van der Waals surface area contributed by atoms with Crippen molar-refractivity contribution in [1.82, 2.24) is 24.6 Å². The lowest BCUT2D eigenvalue weighted by Crippen LogP contribution is -2.41. The van der Waals surface area contributed by atoms with Gasteiger partial charge in [0.25, 0.3) is 10.0 Å². The predicted octanol–water partition coefficient (Wildman–Crippen LogP) is 6.03. The molecule has 2 amide bonds. The van der Waals surface area contributed by atoms with Gasteiger partial charge in [-0.3, -0.25) is 4.79 Å². The predicted molar refractivity (Wildman–Crippen MR) is 202 cm³/mol. The highest BCUT2D eigenvalue weighted by Gasteiger charge is 2.32. The number of thiophene rings is 1. The van der Waals surface area contributed by atoms with Crippen LogP contribution in [0.5, 0.6) is 0 Å². The van der Waals surface area contributed by atoms with Gasteiger partial charge in [0.2, 0.25) is 10.0 Å². The Morgan fingerprint density at radius 3 is 2.18 bits per heavy atom. The summed E-state index contributed by atoms with van der Waals surface area (Å²) >= 11 is 13.9. The molecule has 19 heteroatoms. The minimum atomic E-state index is -4.15. The Balaban J connectivity index is 1.18. The van der Waals surface area contributed by atoms with E-state index in [0.717, 1.165) is 69.4 Å². The van der Waals surface area contributed by atoms with Gasteiger partial charge in [0, 0.05) is 49.9 Å². The molecule has 50 heavy (non-hydrogen) atoms. The summed E-state index contributed by atoms with van der Waals surface area (Å²) in [7, 11) is -7.67. The number of anilines is 1. The second-order valence-electron chi connectivity index (χ2n) is 12.7. The fraction of sp³-hybridized carbons (Fsp3) is 0.645. The lowest BCUT2D eigenvalue weighted by Gasteiger charge is -2.34. The Kier molecular flexibility index (Phi) is 15.6. The molecule has 0 saturated carbocycles. The van der Waals surface area contributed by atoms with Gasteiger partial charge in [-0.15, -0.1) is 11.3 Å². The van der Waals surface area contributed by atoms with Gasteiger partial charge in [-0.25, -0.2) is 26.6 Å². The van der Waals surface area contributed by atoms with Crippen molar-refractivity contribution in [3.63, 3.8) is 0 Å². The summed E-state index contributed by atoms with van der Waals surface area (Å²) in [6.07, 6.45) is 9.22. The summed E-state index contributed by atoms with van der Waals surface area (Å²) in [5, 5.41) is 14.9. The van der Waals surface area contributed by atoms with E-state index in [0.29, 0.717) is 70.0 Å². The number of carboxylic acid groups (broad SMARTS) is 1. The maximum atomic E-state index is 13.1. The van der Waals surface area contributed by atoms with E-state index in [1.165, 1.54) is 12.3 Å². The first-order valence-corrected chi connectivity index (χ1v) is 22.5. The van der Waals surface area contributed by atoms with Crippen molar-refractivity contribution in [2.75, 3.05) is 44.2 Å². The molecule has 0 spiro atoms. The van der Waals surface area contributed by atoms with E-state index in [1.54, 1.807) is 17.3 Å². The van der Waals surface area contributed by atoms with Crippen LogP contribution in [0.2, 0.25) is 4.34 Å². The fourth-order valence-electron chi connectivity index (χ4n) is 6.33. The van der Waals surface area contributed by atoms with Crippen molar-refractivity contribution in [3.8, 4) is 0 Å². The molecule has 2 aliphatic heterocycles. The van der Waals surface area contributed by atoms with Gasteiger partial charge in [0.05, 0.1) is 4.47 Å². The molecule has 4 rings (SSSR count). The van der Waals surface area contributed by atoms with Gasteiger partial charge < -0.3 is 20.6 Å². The van der Waals surface area contributed by atoms with E-state index in [9.17, 15) is 31.5 Å². The summed E-state index contributed by atoms with van der Waals surface area (Å²) < 4.78 is 57.9. The molecular weight excluding hydrogens is 860 g/mol. The molecule has 2 aromatic rings. The maximum Gasteiger partial charge on any atom is 0.321 e. The van der Waals surface area contributed by atoms with Crippen LogP contribution in [0, 0.1) is 11.8 Å². The van der Waals surface area contributed by atoms with Crippen LogP contribution >= 0.6 is 54.8 Å². The van der Waals surface area contributed by atoms with Crippen molar-refractivity contribution in [3.05, 3.63) is 31.6 Å². The first kappa shape index (κ1) is 41.2. The molecule has 4 N–H and O–H groups in total. The molecule has 0 radical (unpaired) electrons. The summed E-state index contributed by atoms with van der Waals surface area (Å²) in [6.45, 7) is 5.27. The molecule has 1 atom stereocenters. The molecular formula is C31H45Br2ClN6O7S3. The van der Waals surface area contributed by atoms with Crippen LogP contribution in [-0.4, -0.2) is 88.5 Å². The standard InChI is InChI=1S/C31H45Br2ClN6O7S3/c1-2-35-31(43)36-13-4-3-8-26(30(41)42)38-49(44,45)23-18-25(33)29(37-20-23)39-14-9-21(10-15-39)6-5-7-22-11-16-40(17-12-22)50(46,47)27-19-24(32)28(34)48-27/h18-22,26,38H,2-17H2,1H3,(H,41,42)(H2,35,36,43). The molecule has 2 saturated heterocycles. The molecule has 0 bridgehead atoms. The molecule has 13 nitrogen and oxygen atoms in total. The van der Waals surface area contributed by atoms with Crippen LogP contribution in [0.4, 0.5) is 10.6 Å². The topological polar surface area (TPSA) is 178 Å². The number of urea groups is 1. The van der Waals surface area contributed by atoms with E-state index in [1.807, 2.05) is 0 Å². The van der Waals surface area contributed by atoms with Crippen LogP contribution < -0.4 is 20.3 Å². The number of sulfonamides is 2. The maximum absolute atomic E-state index is 13.1. The quantitative estimate of drug-likeness (QED) is 0.138. The lowest BCUT2D eigenvalue weighted by molar-refractivity contribution is -0.139. The third kappa shape index (κ3) is 11.5. The lowest BCUT2D eigenvalue weighted by atomic mass is 9.87. The van der Waals surface area contributed by atoms with Crippen molar-refractivity contribution in [1.29, 1.82) is 0 Å². The Morgan fingerprint density at radius 2 is 1.62 bits per heavy atom. The zero-order valence-electron chi connectivity index (χ0n) is 27.9. The van der Waals surface area contributed by atoms with E-state index < -0.39 is 32.1 Å². The minimum absolute atomic E-state index is 0.0708. The largest absolute Gasteiger partial charge is 0.480 e. The molecule has 2 aliphatic rings. The van der Waals surface area contributed by atoms with Gasteiger partial charge in [-0.1, -0.05) is 30.9 Å². The summed E-state index contributed by atoms with van der Waals surface area (Å²) in [5.74, 6) is 0.462. The number of carbonyl (C=O) groups excluding carboxylic acids is 1. The third-order valence-corrected chi connectivity index (χ3v) is 16.0. The third-order valence-electron chi connectivity index (χ3n) is 9.17.